The van der Waals surface area contributed by atoms with E-state index in [0.29, 0.717) is 0 Å². The smallest absolute Gasteiger partial charge is 0.115 e. The van der Waals surface area contributed by atoms with E-state index in [1.165, 1.54) is 33.4 Å². The lowest BCUT2D eigenvalue weighted by molar-refractivity contribution is 1.05. The summed E-state index contributed by atoms with van der Waals surface area (Å²) < 4.78 is 7.05. The minimum Gasteiger partial charge on any atom is -0.312 e. The fourth-order valence-corrected chi connectivity index (χ4v) is 10.6. The van der Waals surface area contributed by atoms with Crippen molar-refractivity contribution in [3.05, 3.63) is 236 Å². The van der Waals surface area contributed by atoms with Crippen LogP contribution in [-0.4, -0.2) is 31.7 Å². The molecule has 0 unspecified atom stereocenters. The van der Waals surface area contributed by atoms with E-state index in [1.54, 1.807) is 0 Å². The lowest BCUT2D eigenvalue weighted by atomic mass is 9.99. The first kappa shape index (κ1) is 40.8. The van der Waals surface area contributed by atoms with E-state index in [1.807, 2.05) is 18.2 Å². The van der Waals surface area contributed by atoms with Gasteiger partial charge < -0.3 is 13.7 Å². The maximum atomic E-state index is 5.15. The number of fused-ring (bicyclic) bond motifs is 7. The van der Waals surface area contributed by atoms with Crippen molar-refractivity contribution in [1.82, 2.24) is 18.7 Å². The Labute approximate surface area is 405 Å². The average Bonchev–Trinajstić information content (AvgIpc) is 4.04. The van der Waals surface area contributed by atoms with Gasteiger partial charge in [-0.05, 0) is 127 Å². The van der Waals surface area contributed by atoms with Crippen LogP contribution in [-0.2, 0) is 0 Å². The molecule has 0 aliphatic carbocycles. The third-order valence-electron chi connectivity index (χ3n) is 13.8. The van der Waals surface area contributed by atoms with Crippen molar-refractivity contribution in [1.29, 1.82) is 0 Å². The Morgan fingerprint density at radius 2 is 0.814 bits per heavy atom. The summed E-state index contributed by atoms with van der Waals surface area (Å²) in [6, 6.07) is 82.7. The third-order valence-corrected chi connectivity index (χ3v) is 13.8. The van der Waals surface area contributed by atoms with Crippen LogP contribution in [0.4, 0.5) is 5.69 Å². The standard InChI is InChI=1S/C64H44N6/c1-42-64(66-41-65-2)56-40-51(31-34-63(56)68(42)49-22-10-5-11-23-49)70-60-28-15-13-26-53(60)55-37-47(30-33-62(55)70)46-29-32-61-54(36-46)52-25-12-14-27-59(52)69(61)50-24-16-21-45(35-50)48-38-57(43-17-6-3-7-18-43)67-58(39-48)44-19-8-4-9-20-44/h3-41H,2H2,1H3. The zero-order chi connectivity index (χ0) is 46.7. The molecule has 0 amide bonds. The fourth-order valence-electron chi connectivity index (χ4n) is 10.6. The van der Waals surface area contributed by atoms with Gasteiger partial charge in [0.25, 0.3) is 0 Å². The van der Waals surface area contributed by atoms with Crippen molar-refractivity contribution in [2.24, 2.45) is 9.98 Å². The normalized spacial score (nSPS) is 11.8. The van der Waals surface area contributed by atoms with Gasteiger partial charge in [-0.3, -0.25) is 4.99 Å². The molecule has 13 rings (SSSR count). The van der Waals surface area contributed by atoms with Gasteiger partial charge in [-0.25, -0.2) is 9.98 Å². The van der Waals surface area contributed by atoms with Gasteiger partial charge in [-0.15, -0.1) is 0 Å². The van der Waals surface area contributed by atoms with Crippen LogP contribution in [0.3, 0.4) is 0 Å². The Kier molecular flexibility index (Phi) is 9.77. The highest BCUT2D eigenvalue weighted by atomic mass is 15.0. The molecule has 0 aliphatic heterocycles. The summed E-state index contributed by atoms with van der Waals surface area (Å²) in [6.45, 7) is 5.78. The fraction of sp³-hybridized carbons (Fsp3) is 0.0156. The summed E-state index contributed by atoms with van der Waals surface area (Å²) in [6.07, 6.45) is 1.53. The second-order valence-corrected chi connectivity index (χ2v) is 17.8. The van der Waals surface area contributed by atoms with Gasteiger partial charge in [0.15, 0.2) is 0 Å². The van der Waals surface area contributed by atoms with Crippen molar-refractivity contribution in [3.63, 3.8) is 0 Å². The Hall–Kier alpha value is -9.39. The van der Waals surface area contributed by atoms with E-state index >= 15 is 0 Å². The lowest BCUT2D eigenvalue weighted by Gasteiger charge is -2.13. The van der Waals surface area contributed by atoms with E-state index in [9.17, 15) is 0 Å². The van der Waals surface area contributed by atoms with Crippen molar-refractivity contribution >= 4 is 73.3 Å². The number of hydrogen-bond acceptors (Lipinski definition) is 2. The van der Waals surface area contributed by atoms with E-state index in [0.717, 1.165) is 101 Å². The summed E-state index contributed by atoms with van der Waals surface area (Å²) >= 11 is 0. The maximum absolute atomic E-state index is 5.15. The van der Waals surface area contributed by atoms with Crippen LogP contribution in [0.1, 0.15) is 5.69 Å². The molecule has 70 heavy (non-hydrogen) atoms. The number of aliphatic imine (C=N–C) groups is 2. The van der Waals surface area contributed by atoms with Crippen molar-refractivity contribution in [2.75, 3.05) is 0 Å². The molecule has 330 valence electrons. The van der Waals surface area contributed by atoms with Gasteiger partial charge in [0.05, 0.1) is 44.7 Å². The van der Waals surface area contributed by atoms with E-state index in [4.69, 9.17) is 9.98 Å². The molecule has 4 heterocycles. The summed E-state index contributed by atoms with van der Waals surface area (Å²) in [5, 5.41) is 5.86. The molecule has 6 nitrogen and oxygen atoms in total. The average molecular weight is 897 g/mol. The number of pyridine rings is 1. The van der Waals surface area contributed by atoms with Crippen LogP contribution in [0.2, 0.25) is 0 Å². The van der Waals surface area contributed by atoms with Crippen LogP contribution >= 0.6 is 0 Å². The zero-order valence-electron chi connectivity index (χ0n) is 38.4. The Morgan fingerprint density at radius 3 is 1.40 bits per heavy atom. The molecule has 0 aliphatic rings. The van der Waals surface area contributed by atoms with Crippen LogP contribution in [0.5, 0.6) is 0 Å². The van der Waals surface area contributed by atoms with E-state index in [-0.39, 0.29) is 0 Å². The molecule has 0 atom stereocenters. The topological polar surface area (TPSA) is 52.4 Å². The van der Waals surface area contributed by atoms with Crippen molar-refractivity contribution in [2.45, 2.75) is 6.92 Å². The molecular weight excluding hydrogens is 853 g/mol. The number of hydrogen-bond donors (Lipinski definition) is 0. The third kappa shape index (κ3) is 6.76. The summed E-state index contributed by atoms with van der Waals surface area (Å²) in [5.41, 5.74) is 19.5. The molecule has 0 saturated heterocycles. The molecular formula is C64H44N6. The van der Waals surface area contributed by atoms with Crippen LogP contribution < -0.4 is 0 Å². The number of para-hydroxylation sites is 3. The SMILES string of the molecule is C=NC=Nc1c(C)n(-c2ccccc2)c2ccc(-n3c4ccccc4c4cc(-c5ccc6c(c5)c5ccccc5n6-c5cccc(-c6cc(-c7ccccc7)nc(-c7ccccc7)c6)c5)ccc43)cc12. The van der Waals surface area contributed by atoms with E-state index < -0.39 is 0 Å². The highest BCUT2D eigenvalue weighted by Gasteiger charge is 2.20. The molecule has 0 radical (unpaired) electrons. The van der Waals surface area contributed by atoms with Gasteiger partial charge in [0.1, 0.15) is 6.34 Å². The summed E-state index contributed by atoms with van der Waals surface area (Å²) in [4.78, 5) is 13.9. The van der Waals surface area contributed by atoms with Crippen LogP contribution in [0, 0.1) is 6.92 Å². The zero-order valence-corrected chi connectivity index (χ0v) is 38.4. The quantitative estimate of drug-likeness (QED) is 0.105. The number of nitrogens with zero attached hydrogens (tertiary/aromatic N) is 6. The first-order chi connectivity index (χ1) is 34.6. The summed E-state index contributed by atoms with van der Waals surface area (Å²) in [5.74, 6) is 0. The molecule has 0 spiro atoms. The maximum Gasteiger partial charge on any atom is 0.115 e. The first-order valence-electron chi connectivity index (χ1n) is 23.6. The second kappa shape index (κ2) is 16.7. The monoisotopic (exact) mass is 896 g/mol. The number of benzene rings is 9. The highest BCUT2D eigenvalue weighted by molar-refractivity contribution is 6.13. The van der Waals surface area contributed by atoms with Gasteiger partial charge in [0, 0.05) is 60.8 Å². The molecule has 0 fully saturated rings. The van der Waals surface area contributed by atoms with Crippen molar-refractivity contribution < 1.29 is 0 Å². The lowest BCUT2D eigenvalue weighted by Crippen LogP contribution is -1.97. The van der Waals surface area contributed by atoms with Crippen molar-refractivity contribution in [3.8, 4) is 61.8 Å². The molecule has 4 aromatic heterocycles. The highest BCUT2D eigenvalue weighted by Crippen LogP contribution is 2.42. The van der Waals surface area contributed by atoms with Gasteiger partial charge >= 0.3 is 0 Å². The molecule has 6 heteroatoms. The molecule has 9 aromatic carbocycles. The van der Waals surface area contributed by atoms with Crippen LogP contribution in [0.15, 0.2) is 241 Å². The van der Waals surface area contributed by atoms with Crippen LogP contribution in [0.25, 0.3) is 116 Å². The van der Waals surface area contributed by atoms with E-state index in [2.05, 4.69) is 245 Å². The Balaban J connectivity index is 0.921. The first-order valence-corrected chi connectivity index (χ1v) is 23.6. The minimum absolute atomic E-state index is 0.879. The van der Waals surface area contributed by atoms with Gasteiger partial charge in [0.2, 0.25) is 0 Å². The van der Waals surface area contributed by atoms with Gasteiger partial charge in [-0.2, -0.15) is 0 Å². The Morgan fingerprint density at radius 1 is 0.357 bits per heavy atom. The minimum atomic E-state index is 0.879. The molecule has 13 aromatic rings. The number of rotatable bonds is 9. The van der Waals surface area contributed by atoms with Gasteiger partial charge in [-0.1, -0.05) is 140 Å². The molecule has 0 N–H and O–H groups in total. The molecule has 0 saturated carbocycles. The predicted molar refractivity (Wildman–Crippen MR) is 294 cm³/mol. The Bertz CT molecular complexity index is 4140. The largest absolute Gasteiger partial charge is 0.312 e. The summed E-state index contributed by atoms with van der Waals surface area (Å²) in [7, 11) is 0. The second-order valence-electron chi connectivity index (χ2n) is 17.8. The molecule has 0 bridgehead atoms. The number of aromatic nitrogens is 4. The predicted octanol–water partition coefficient (Wildman–Crippen LogP) is 16.6.